The average molecular weight is 782 g/mol. The monoisotopic (exact) mass is 781 g/mol. The number of aryl methyl sites for hydroxylation is 2. The number of carbonyl (C=O) groups is 1. The van der Waals surface area contributed by atoms with E-state index in [9.17, 15) is 15.2 Å². The molecule has 0 radical (unpaired) electrons. The van der Waals surface area contributed by atoms with Gasteiger partial charge in [-0.05, 0) is 110 Å². The van der Waals surface area contributed by atoms with Crippen molar-refractivity contribution in [3.63, 3.8) is 0 Å². The van der Waals surface area contributed by atoms with Gasteiger partial charge in [0.1, 0.15) is 22.7 Å². The van der Waals surface area contributed by atoms with Crippen LogP contribution in [0.25, 0.3) is 38.7 Å². The molecule has 1 N–H and O–H groups in total. The van der Waals surface area contributed by atoms with Crippen molar-refractivity contribution < 1.29 is 9.90 Å². The molecule has 56 heavy (non-hydrogen) atoms. The van der Waals surface area contributed by atoms with Crippen molar-refractivity contribution in [2.45, 2.75) is 23.6 Å². The van der Waals surface area contributed by atoms with Crippen LogP contribution in [0.2, 0.25) is 0 Å². The molecule has 2 aromatic heterocycles. The van der Waals surface area contributed by atoms with Gasteiger partial charge in [0, 0.05) is 53.4 Å². The lowest BCUT2D eigenvalue weighted by Gasteiger charge is -2.33. The third-order valence-corrected chi connectivity index (χ3v) is 12.4. The van der Waals surface area contributed by atoms with Crippen LogP contribution >= 0.6 is 34.8 Å². The molecule has 0 spiro atoms. The highest BCUT2D eigenvalue weighted by molar-refractivity contribution is 7.99. The molecule has 0 saturated carbocycles. The number of nitrogens with zero attached hydrogens (tertiary/aromatic N) is 5. The Hall–Kier alpha value is -6.51. The second-order valence-corrected chi connectivity index (χ2v) is 16.1. The van der Waals surface area contributed by atoms with E-state index in [1.165, 1.54) is 45.2 Å². The maximum atomic E-state index is 11.4. The fourth-order valence-electron chi connectivity index (χ4n) is 6.95. The number of carboxylic acid groups (broad SMARTS) is 1. The van der Waals surface area contributed by atoms with E-state index in [-0.39, 0.29) is 5.57 Å². The first-order valence-corrected chi connectivity index (χ1v) is 20.2. The Morgan fingerprint density at radius 2 is 1.32 bits per heavy atom. The van der Waals surface area contributed by atoms with Gasteiger partial charge in [0.2, 0.25) is 0 Å². The van der Waals surface area contributed by atoms with E-state index in [0.29, 0.717) is 4.88 Å². The number of rotatable bonds is 8. The summed E-state index contributed by atoms with van der Waals surface area (Å²) in [5.74, 6) is -1.25. The highest BCUT2D eigenvalue weighted by Gasteiger charge is 2.26. The van der Waals surface area contributed by atoms with Crippen molar-refractivity contribution in [3.8, 4) is 27.6 Å². The van der Waals surface area contributed by atoms with Crippen molar-refractivity contribution in [2.75, 3.05) is 9.80 Å². The molecule has 1 aliphatic heterocycles. The Morgan fingerprint density at radius 1 is 0.714 bits per heavy atom. The first-order valence-electron chi connectivity index (χ1n) is 17.8. The quantitative estimate of drug-likeness (QED) is 0.120. The predicted octanol–water partition coefficient (Wildman–Crippen LogP) is 13.1. The molecule has 0 fully saturated rings. The largest absolute Gasteiger partial charge is 0.477 e. The number of nitriles is 1. The molecule has 6 aromatic carbocycles. The minimum absolute atomic E-state index is 0.305. The zero-order valence-corrected chi connectivity index (χ0v) is 32.6. The topological polar surface area (TPSA) is 93.4 Å². The van der Waals surface area contributed by atoms with Crippen LogP contribution < -0.4 is 9.80 Å². The van der Waals surface area contributed by atoms with Gasteiger partial charge in [-0.3, -0.25) is 0 Å². The molecule has 0 bridgehead atoms. The van der Waals surface area contributed by atoms with Gasteiger partial charge in [-0.25, -0.2) is 4.79 Å². The van der Waals surface area contributed by atoms with Crippen molar-refractivity contribution in [2.24, 2.45) is 0 Å². The summed E-state index contributed by atoms with van der Waals surface area (Å²) in [4.78, 5) is 19.9. The minimum Gasteiger partial charge on any atom is -0.477 e. The van der Waals surface area contributed by atoms with E-state index in [4.69, 9.17) is 4.37 Å². The van der Waals surface area contributed by atoms with Crippen molar-refractivity contribution in [3.05, 3.63) is 161 Å². The van der Waals surface area contributed by atoms with Gasteiger partial charge in [-0.1, -0.05) is 77.5 Å². The number of para-hydroxylation sites is 1. The second-order valence-electron chi connectivity index (χ2n) is 13.4. The number of aliphatic carboxylic acids is 1. The fourth-order valence-corrected chi connectivity index (χ4v) is 9.59. The Kier molecular flexibility index (Phi) is 9.19. The molecule has 0 saturated heterocycles. The number of hydrogen-bond donors (Lipinski definition) is 1. The average Bonchev–Trinajstić information content (AvgIpc) is 3.91. The Labute approximate surface area is 336 Å². The Morgan fingerprint density at radius 3 is 1.98 bits per heavy atom. The van der Waals surface area contributed by atoms with Gasteiger partial charge in [0.05, 0.1) is 23.1 Å². The molecule has 0 aliphatic carbocycles. The lowest BCUT2D eigenvalue weighted by atomic mass is 10.00. The van der Waals surface area contributed by atoms with Crippen molar-refractivity contribution in [1.82, 2.24) is 8.75 Å². The van der Waals surface area contributed by atoms with Crippen molar-refractivity contribution in [1.29, 1.82) is 5.26 Å². The summed E-state index contributed by atoms with van der Waals surface area (Å²) < 4.78 is 9.43. The number of benzene rings is 6. The second kappa shape index (κ2) is 14.6. The maximum Gasteiger partial charge on any atom is 0.346 e. The van der Waals surface area contributed by atoms with E-state index in [1.54, 1.807) is 17.8 Å². The van der Waals surface area contributed by atoms with Crippen LogP contribution in [0.5, 0.6) is 0 Å². The fraction of sp³-hybridized carbons (Fsp3) is 0.0435. The SMILES string of the molecule is Cc1ccc(N(c2ccc(C)cc2)c2ccc(N3c4ccccc4Sc4cc(-c5ccc(-c6ccc(/C=C(/C#N)C(=O)O)s6)c6nsnc56)ccc43)cc2)cc1. The summed E-state index contributed by atoms with van der Waals surface area (Å²) in [5, 5.41) is 18.5. The first kappa shape index (κ1) is 35.2. The van der Waals surface area contributed by atoms with Crippen LogP contribution in [-0.4, -0.2) is 19.8 Å². The molecule has 9 rings (SSSR count). The number of aromatic nitrogens is 2. The molecule has 1 aliphatic rings. The number of thiophene rings is 1. The number of anilines is 6. The van der Waals surface area contributed by atoms with Crippen LogP contribution in [0.1, 0.15) is 16.0 Å². The molecule has 8 aromatic rings. The van der Waals surface area contributed by atoms with Gasteiger partial charge in [0.15, 0.2) is 0 Å². The van der Waals surface area contributed by atoms with E-state index >= 15 is 0 Å². The highest BCUT2D eigenvalue weighted by Crippen LogP contribution is 2.53. The zero-order chi connectivity index (χ0) is 38.3. The third kappa shape index (κ3) is 6.52. The maximum absolute atomic E-state index is 11.4. The van der Waals surface area contributed by atoms with E-state index in [0.717, 1.165) is 71.6 Å². The van der Waals surface area contributed by atoms with Crippen molar-refractivity contribution >= 4 is 92.0 Å². The van der Waals surface area contributed by atoms with Crippen LogP contribution in [0.3, 0.4) is 0 Å². The Bertz CT molecular complexity index is 2810. The summed E-state index contributed by atoms with van der Waals surface area (Å²) in [6.45, 7) is 4.22. The number of fused-ring (bicyclic) bond motifs is 3. The lowest BCUT2D eigenvalue weighted by Crippen LogP contribution is -2.15. The molecular weight excluding hydrogens is 751 g/mol. The normalized spacial score (nSPS) is 12.2. The first-order chi connectivity index (χ1) is 27.3. The van der Waals surface area contributed by atoms with Crippen LogP contribution in [0.15, 0.2) is 155 Å². The molecule has 0 atom stereocenters. The van der Waals surface area contributed by atoms with Gasteiger partial charge >= 0.3 is 5.97 Å². The summed E-state index contributed by atoms with van der Waals surface area (Å²) >= 11 is 4.34. The molecule has 7 nitrogen and oxygen atoms in total. The lowest BCUT2D eigenvalue weighted by molar-refractivity contribution is -0.132. The van der Waals surface area contributed by atoms with Gasteiger partial charge in [0.25, 0.3) is 0 Å². The van der Waals surface area contributed by atoms with E-state index < -0.39 is 5.97 Å². The molecular formula is C46H31N5O2S3. The molecule has 3 heterocycles. The predicted molar refractivity (Wildman–Crippen MR) is 230 cm³/mol. The van der Waals surface area contributed by atoms with Crippen LogP contribution in [0.4, 0.5) is 34.1 Å². The number of carboxylic acids is 1. The van der Waals surface area contributed by atoms with Crippen LogP contribution in [0, 0.1) is 25.2 Å². The van der Waals surface area contributed by atoms with E-state index in [1.807, 2.05) is 18.2 Å². The molecule has 0 amide bonds. The van der Waals surface area contributed by atoms with Gasteiger partial charge in [-0.15, -0.1) is 11.3 Å². The molecule has 10 heteroatoms. The zero-order valence-electron chi connectivity index (χ0n) is 30.2. The standard InChI is InChI=1S/C46H31N5O2S3/c1-28-7-12-32(13-8-28)50(33-14-9-29(2)10-15-33)34-16-18-35(19-17-34)51-39-5-3-4-6-42(39)55-43-26-30(11-23-40(43)51)37-21-22-38(45-44(37)48-56-49-45)41-24-20-36(54-41)25-31(27-47)46(52)53/h3-26H,1-2H3,(H,52,53)/b31-25-. The number of hydrogen-bond acceptors (Lipinski definition) is 9. The molecule has 270 valence electrons. The highest BCUT2D eigenvalue weighted by atomic mass is 32.2. The van der Waals surface area contributed by atoms with E-state index in [2.05, 4.69) is 149 Å². The molecule has 0 unspecified atom stereocenters. The smallest absolute Gasteiger partial charge is 0.346 e. The Balaban J connectivity index is 1.08. The minimum atomic E-state index is -1.25. The van der Waals surface area contributed by atoms with Crippen LogP contribution in [-0.2, 0) is 4.79 Å². The third-order valence-electron chi connectivity index (χ3n) is 9.73. The van der Waals surface area contributed by atoms with Gasteiger partial charge < -0.3 is 14.9 Å². The van der Waals surface area contributed by atoms with Gasteiger partial charge in [-0.2, -0.15) is 14.0 Å². The summed E-state index contributed by atoms with van der Waals surface area (Å²) in [6, 6.07) is 50.8. The summed E-state index contributed by atoms with van der Waals surface area (Å²) in [7, 11) is 0. The summed E-state index contributed by atoms with van der Waals surface area (Å²) in [6.07, 6.45) is 1.40. The summed E-state index contributed by atoms with van der Waals surface area (Å²) in [5.41, 5.74) is 13.2.